The minimum atomic E-state index is -0.559. The lowest BCUT2D eigenvalue weighted by Gasteiger charge is -2.03. The van der Waals surface area contributed by atoms with E-state index in [0.717, 1.165) is 6.42 Å². The van der Waals surface area contributed by atoms with Crippen molar-refractivity contribution in [2.75, 3.05) is 20.6 Å². The van der Waals surface area contributed by atoms with E-state index in [1.54, 1.807) is 42.5 Å². The predicted molar refractivity (Wildman–Crippen MR) is 106 cm³/mol. The molecule has 0 spiro atoms. The molecule has 0 aliphatic heterocycles. The van der Waals surface area contributed by atoms with Gasteiger partial charge in [0.1, 0.15) is 10.5 Å². The summed E-state index contributed by atoms with van der Waals surface area (Å²) in [5.74, 6) is -0.655. The first-order valence-corrected chi connectivity index (χ1v) is 8.67. The zero-order chi connectivity index (χ0) is 19.8. The summed E-state index contributed by atoms with van der Waals surface area (Å²) in [6.45, 7) is 2.48. The number of benzene rings is 2. The molecule has 1 aromatic heterocycles. The molecule has 1 heterocycles. The molecule has 3 aromatic rings. The minimum Gasteiger partial charge on any atom is -0.399 e. The van der Waals surface area contributed by atoms with Crippen LogP contribution in [-0.4, -0.2) is 31.5 Å². The highest BCUT2D eigenvalue weighted by atomic mass is 16.6. The van der Waals surface area contributed by atoms with Gasteiger partial charge in [-0.1, -0.05) is 49.4 Å². The van der Waals surface area contributed by atoms with Crippen molar-refractivity contribution in [3.63, 3.8) is 0 Å². The predicted octanol–water partition coefficient (Wildman–Crippen LogP) is 3.98. The number of carbonyl (C=O) groups is 1. The minimum absolute atomic E-state index is 0.233. The quantitative estimate of drug-likeness (QED) is 0.524. The summed E-state index contributed by atoms with van der Waals surface area (Å²) in [4.78, 5) is 23.2. The van der Waals surface area contributed by atoms with E-state index in [9.17, 15) is 14.9 Å². The summed E-state index contributed by atoms with van der Waals surface area (Å²) >= 11 is 0. The van der Waals surface area contributed by atoms with Crippen LogP contribution in [0.2, 0.25) is 0 Å². The third-order valence-electron chi connectivity index (χ3n) is 3.71. The molecule has 2 aromatic carbocycles. The van der Waals surface area contributed by atoms with Crippen LogP contribution >= 0.6 is 0 Å². The summed E-state index contributed by atoms with van der Waals surface area (Å²) in [6.07, 6.45) is 0.801. The Balaban J connectivity index is 0.000000817. The van der Waals surface area contributed by atoms with Gasteiger partial charge in [0, 0.05) is 11.9 Å². The summed E-state index contributed by atoms with van der Waals surface area (Å²) in [5.41, 5.74) is 1.60. The largest absolute Gasteiger partial charge is 0.442 e. The number of hydrogen-bond acceptors (Lipinski definition) is 5. The second-order valence-corrected chi connectivity index (χ2v) is 5.84. The van der Waals surface area contributed by atoms with Gasteiger partial charge >= 0.3 is 5.88 Å². The second kappa shape index (κ2) is 9.49. The highest BCUT2D eigenvalue weighted by molar-refractivity contribution is 6.10. The first-order valence-electron chi connectivity index (χ1n) is 8.67. The molecule has 0 fully saturated rings. The van der Waals surface area contributed by atoms with Crippen molar-refractivity contribution >= 4 is 22.8 Å². The maximum absolute atomic E-state index is 12.3. The SMILES string of the molecule is CCCNC(=O)c1cccc2c(-c3ccccc3)c([N+](=O)[O-])oc12.CNC. The molecule has 0 unspecified atom stereocenters. The average Bonchev–Trinajstić information content (AvgIpc) is 3.07. The van der Waals surface area contributed by atoms with Crippen LogP contribution in [0, 0.1) is 10.1 Å². The number of nitrogens with zero attached hydrogens (tertiary/aromatic N) is 1. The smallest absolute Gasteiger partial charge is 0.399 e. The van der Waals surface area contributed by atoms with Crippen LogP contribution in [0.5, 0.6) is 0 Å². The van der Waals surface area contributed by atoms with E-state index in [0.29, 0.717) is 28.6 Å². The Bertz CT molecular complexity index is 920. The molecule has 0 radical (unpaired) electrons. The second-order valence-electron chi connectivity index (χ2n) is 5.84. The molecule has 7 nitrogen and oxygen atoms in total. The zero-order valence-electron chi connectivity index (χ0n) is 15.6. The molecule has 0 bridgehead atoms. The fourth-order valence-corrected chi connectivity index (χ4v) is 2.63. The molecular formula is C20H23N3O4. The topological polar surface area (TPSA) is 97.4 Å². The maximum atomic E-state index is 12.3. The third kappa shape index (κ3) is 4.51. The van der Waals surface area contributed by atoms with Gasteiger partial charge in [-0.05, 0) is 32.1 Å². The molecule has 1 amide bonds. The van der Waals surface area contributed by atoms with Crippen LogP contribution in [0.4, 0.5) is 5.88 Å². The Hall–Kier alpha value is -3.19. The Morgan fingerprint density at radius 2 is 1.78 bits per heavy atom. The number of nitro groups is 1. The summed E-state index contributed by atoms with van der Waals surface area (Å²) in [6, 6.07) is 14.0. The molecule has 2 N–H and O–H groups in total. The van der Waals surface area contributed by atoms with Gasteiger partial charge in [-0.2, -0.15) is 0 Å². The number of amides is 1. The fraction of sp³-hybridized carbons (Fsp3) is 0.250. The maximum Gasteiger partial charge on any atom is 0.442 e. The molecule has 0 aliphatic carbocycles. The lowest BCUT2D eigenvalue weighted by Crippen LogP contribution is -2.24. The summed E-state index contributed by atoms with van der Waals surface area (Å²) < 4.78 is 5.49. The van der Waals surface area contributed by atoms with E-state index in [2.05, 4.69) is 10.6 Å². The number of carbonyl (C=O) groups excluding carboxylic acids is 1. The van der Waals surface area contributed by atoms with Crippen LogP contribution in [0.3, 0.4) is 0 Å². The van der Waals surface area contributed by atoms with E-state index in [1.165, 1.54) is 0 Å². The Morgan fingerprint density at radius 1 is 1.11 bits per heavy atom. The van der Waals surface area contributed by atoms with Gasteiger partial charge in [0.15, 0.2) is 5.58 Å². The summed E-state index contributed by atoms with van der Waals surface area (Å²) in [5, 5.41) is 17.5. The van der Waals surface area contributed by atoms with E-state index >= 15 is 0 Å². The lowest BCUT2D eigenvalue weighted by atomic mass is 10.0. The Labute approximate surface area is 157 Å². The lowest BCUT2D eigenvalue weighted by molar-refractivity contribution is -0.400. The molecule has 142 valence electrons. The van der Waals surface area contributed by atoms with Gasteiger partial charge in [-0.3, -0.25) is 14.9 Å². The number of rotatable bonds is 5. The van der Waals surface area contributed by atoms with E-state index in [1.807, 2.05) is 27.1 Å². The molecule has 0 saturated heterocycles. The van der Waals surface area contributed by atoms with E-state index in [-0.39, 0.29) is 17.4 Å². The van der Waals surface area contributed by atoms with Gasteiger partial charge in [0.05, 0.1) is 5.56 Å². The first kappa shape index (κ1) is 20.1. The Morgan fingerprint density at radius 3 is 2.37 bits per heavy atom. The molecule has 0 atom stereocenters. The van der Waals surface area contributed by atoms with E-state index in [4.69, 9.17) is 4.42 Å². The zero-order valence-corrected chi connectivity index (χ0v) is 15.6. The summed E-state index contributed by atoms with van der Waals surface area (Å²) in [7, 11) is 3.75. The van der Waals surface area contributed by atoms with E-state index < -0.39 is 4.92 Å². The molecule has 0 aliphatic rings. The third-order valence-corrected chi connectivity index (χ3v) is 3.71. The van der Waals surface area contributed by atoms with Gasteiger partial charge in [-0.25, -0.2) is 0 Å². The number of furan rings is 1. The molecule has 0 saturated carbocycles. The van der Waals surface area contributed by atoms with Crippen molar-refractivity contribution in [3.05, 3.63) is 64.2 Å². The average molecular weight is 369 g/mol. The van der Waals surface area contributed by atoms with Crippen LogP contribution < -0.4 is 10.6 Å². The van der Waals surface area contributed by atoms with Crippen LogP contribution in [0.1, 0.15) is 23.7 Å². The van der Waals surface area contributed by atoms with Crippen LogP contribution in [-0.2, 0) is 0 Å². The Kier molecular flexibility index (Phi) is 7.08. The van der Waals surface area contributed by atoms with Gasteiger partial charge in [0.2, 0.25) is 0 Å². The van der Waals surface area contributed by atoms with Gasteiger partial charge in [-0.15, -0.1) is 0 Å². The number of para-hydroxylation sites is 1. The number of nitrogens with one attached hydrogen (secondary N) is 2. The highest BCUT2D eigenvalue weighted by Gasteiger charge is 2.27. The first-order chi connectivity index (χ1) is 13.0. The van der Waals surface area contributed by atoms with Gasteiger partial charge in [0.25, 0.3) is 5.91 Å². The van der Waals surface area contributed by atoms with Gasteiger partial charge < -0.3 is 15.1 Å². The highest BCUT2D eigenvalue weighted by Crippen LogP contribution is 2.40. The normalized spacial score (nSPS) is 10.2. The van der Waals surface area contributed by atoms with Crippen molar-refractivity contribution in [3.8, 4) is 11.1 Å². The monoisotopic (exact) mass is 369 g/mol. The van der Waals surface area contributed by atoms with Crippen molar-refractivity contribution in [1.29, 1.82) is 0 Å². The fourth-order valence-electron chi connectivity index (χ4n) is 2.63. The van der Waals surface area contributed by atoms with Crippen molar-refractivity contribution in [2.45, 2.75) is 13.3 Å². The van der Waals surface area contributed by atoms with Crippen molar-refractivity contribution in [1.82, 2.24) is 10.6 Å². The van der Waals surface area contributed by atoms with Crippen molar-refractivity contribution in [2.24, 2.45) is 0 Å². The molecule has 3 rings (SSSR count). The van der Waals surface area contributed by atoms with Crippen LogP contribution in [0.25, 0.3) is 22.1 Å². The molecule has 7 heteroatoms. The van der Waals surface area contributed by atoms with Crippen LogP contribution in [0.15, 0.2) is 52.9 Å². The standard InChI is InChI=1S/C18H16N2O4.C2H7N/c1-2-11-19-17(21)14-10-6-9-13-15(12-7-4-3-5-8-12)18(20(22)23)24-16(13)14;1-3-2/h3-10H,2,11H2,1H3,(H,19,21);3H,1-2H3. The number of fused-ring (bicyclic) bond motifs is 1. The van der Waals surface area contributed by atoms with Crippen molar-refractivity contribution < 1.29 is 14.1 Å². The molecular weight excluding hydrogens is 346 g/mol. The number of hydrogen-bond donors (Lipinski definition) is 2. The molecule has 27 heavy (non-hydrogen) atoms.